The molecule has 0 aliphatic rings. The van der Waals surface area contributed by atoms with E-state index >= 15 is 0 Å². The van der Waals surface area contributed by atoms with Crippen LogP contribution in [0.5, 0.6) is 0 Å². The van der Waals surface area contributed by atoms with E-state index in [1.165, 1.54) is 22.3 Å². The molecule has 0 fully saturated rings. The van der Waals surface area contributed by atoms with E-state index in [0.29, 0.717) is 0 Å². The maximum atomic E-state index is 4.56. The van der Waals surface area contributed by atoms with Crippen LogP contribution in [0.2, 0.25) is 0 Å². The smallest absolute Gasteiger partial charge is 0.144 e. The molecule has 0 unspecified atom stereocenters. The Kier molecular flexibility index (Phi) is 2.44. The van der Waals surface area contributed by atoms with Crippen molar-refractivity contribution in [3.05, 3.63) is 59.4 Å². The zero-order valence-corrected chi connectivity index (χ0v) is 10.9. The Morgan fingerprint density at radius 2 is 1.72 bits per heavy atom. The first-order chi connectivity index (χ1) is 8.66. The average Bonchev–Trinajstić information content (AvgIpc) is 2.78. The molecule has 18 heavy (non-hydrogen) atoms. The van der Waals surface area contributed by atoms with Crippen molar-refractivity contribution >= 4 is 5.52 Å². The van der Waals surface area contributed by atoms with Crippen molar-refractivity contribution in [2.45, 2.75) is 20.8 Å². The molecule has 0 aliphatic heterocycles. The van der Waals surface area contributed by atoms with Gasteiger partial charge in [-0.2, -0.15) is 0 Å². The van der Waals surface area contributed by atoms with Crippen LogP contribution in [0.15, 0.2) is 42.7 Å². The Morgan fingerprint density at radius 3 is 2.56 bits per heavy atom. The molecule has 0 atom stereocenters. The number of fused-ring (bicyclic) bond motifs is 1. The maximum absolute atomic E-state index is 4.56. The highest BCUT2D eigenvalue weighted by atomic mass is 15.0. The van der Waals surface area contributed by atoms with Crippen LogP contribution in [-0.4, -0.2) is 9.38 Å². The summed E-state index contributed by atoms with van der Waals surface area (Å²) in [6, 6.07) is 10.6. The van der Waals surface area contributed by atoms with Gasteiger partial charge in [0.15, 0.2) is 0 Å². The van der Waals surface area contributed by atoms with E-state index in [2.05, 4.69) is 54.6 Å². The van der Waals surface area contributed by atoms with Crippen molar-refractivity contribution in [2.75, 3.05) is 0 Å². The van der Waals surface area contributed by atoms with Gasteiger partial charge in [0.1, 0.15) is 5.82 Å². The largest absolute Gasteiger partial charge is 0.300 e. The second kappa shape index (κ2) is 3.98. The normalized spacial score (nSPS) is 11.1. The first kappa shape index (κ1) is 11.0. The number of imidazole rings is 1. The first-order valence-electron chi connectivity index (χ1n) is 6.17. The summed E-state index contributed by atoms with van der Waals surface area (Å²) in [5.74, 6) is 1.02. The molecule has 1 aromatic carbocycles. The third-order valence-corrected chi connectivity index (χ3v) is 3.52. The van der Waals surface area contributed by atoms with Gasteiger partial charge >= 0.3 is 0 Å². The number of aryl methyl sites for hydroxylation is 3. The summed E-state index contributed by atoms with van der Waals surface area (Å²) in [4.78, 5) is 4.56. The summed E-state index contributed by atoms with van der Waals surface area (Å²) in [5.41, 5.74) is 6.25. The van der Waals surface area contributed by atoms with E-state index in [0.717, 1.165) is 11.3 Å². The lowest BCUT2D eigenvalue weighted by atomic mass is 10.0. The van der Waals surface area contributed by atoms with Gasteiger partial charge in [-0.1, -0.05) is 12.1 Å². The van der Waals surface area contributed by atoms with Crippen molar-refractivity contribution in [3.63, 3.8) is 0 Å². The van der Waals surface area contributed by atoms with Gasteiger partial charge in [0, 0.05) is 11.8 Å². The molecule has 0 N–H and O–H groups in total. The van der Waals surface area contributed by atoms with Gasteiger partial charge in [-0.15, -0.1) is 0 Å². The summed E-state index contributed by atoms with van der Waals surface area (Å²) in [6.45, 7) is 6.44. The highest BCUT2D eigenvalue weighted by molar-refractivity contribution is 5.66. The van der Waals surface area contributed by atoms with E-state index in [9.17, 15) is 0 Å². The number of hydrogen-bond donors (Lipinski definition) is 0. The first-order valence-corrected chi connectivity index (χ1v) is 6.17. The average molecular weight is 236 g/mol. The van der Waals surface area contributed by atoms with E-state index in [-0.39, 0.29) is 0 Å². The van der Waals surface area contributed by atoms with Crippen LogP contribution in [0.4, 0.5) is 0 Å². The van der Waals surface area contributed by atoms with Gasteiger partial charge in [-0.25, -0.2) is 4.98 Å². The highest BCUT2D eigenvalue weighted by Gasteiger charge is 2.09. The van der Waals surface area contributed by atoms with E-state index in [1.807, 2.05) is 18.3 Å². The van der Waals surface area contributed by atoms with E-state index in [4.69, 9.17) is 0 Å². The fraction of sp³-hybridized carbons (Fsp3) is 0.188. The van der Waals surface area contributed by atoms with Crippen LogP contribution < -0.4 is 0 Å². The minimum atomic E-state index is 1.02. The minimum Gasteiger partial charge on any atom is -0.300 e. The summed E-state index contributed by atoms with van der Waals surface area (Å²) in [5, 5.41) is 0. The number of benzene rings is 1. The predicted octanol–water partition coefficient (Wildman–Crippen LogP) is 3.93. The number of nitrogens with zero attached hydrogens (tertiary/aromatic N) is 2. The quantitative estimate of drug-likeness (QED) is 0.626. The Labute approximate surface area is 107 Å². The van der Waals surface area contributed by atoms with Crippen molar-refractivity contribution in [3.8, 4) is 11.4 Å². The van der Waals surface area contributed by atoms with Gasteiger partial charge in [0.2, 0.25) is 0 Å². The Morgan fingerprint density at radius 1 is 0.944 bits per heavy atom. The fourth-order valence-electron chi connectivity index (χ4n) is 2.34. The standard InChI is InChI=1S/C16H16N2/c1-11-8-13(3)15(9-12(11)2)16-17-10-14-6-4-5-7-18(14)16/h4-10H,1-3H3. The maximum Gasteiger partial charge on any atom is 0.144 e. The second-order valence-corrected chi connectivity index (χ2v) is 4.83. The fourth-order valence-corrected chi connectivity index (χ4v) is 2.34. The van der Waals surface area contributed by atoms with Crippen molar-refractivity contribution in [1.82, 2.24) is 9.38 Å². The molecule has 3 rings (SSSR count). The lowest BCUT2D eigenvalue weighted by molar-refractivity contribution is 1.15. The number of pyridine rings is 1. The minimum absolute atomic E-state index is 1.02. The van der Waals surface area contributed by atoms with E-state index in [1.54, 1.807) is 0 Å². The number of aromatic nitrogens is 2. The van der Waals surface area contributed by atoms with Gasteiger partial charge in [0.05, 0.1) is 11.7 Å². The summed E-state index contributed by atoms with van der Waals surface area (Å²) in [6.07, 6.45) is 3.98. The van der Waals surface area contributed by atoms with Crippen LogP contribution in [0.1, 0.15) is 16.7 Å². The lowest BCUT2D eigenvalue weighted by Crippen LogP contribution is -1.93. The third-order valence-electron chi connectivity index (χ3n) is 3.52. The monoisotopic (exact) mass is 236 g/mol. The second-order valence-electron chi connectivity index (χ2n) is 4.83. The van der Waals surface area contributed by atoms with Crippen LogP contribution in [0, 0.1) is 20.8 Å². The molecule has 3 aromatic rings. The van der Waals surface area contributed by atoms with Gasteiger partial charge in [-0.05, 0) is 55.7 Å². The molecule has 2 aromatic heterocycles. The lowest BCUT2D eigenvalue weighted by Gasteiger charge is -2.09. The topological polar surface area (TPSA) is 17.3 Å². The van der Waals surface area contributed by atoms with Gasteiger partial charge in [0.25, 0.3) is 0 Å². The predicted molar refractivity (Wildman–Crippen MR) is 74.8 cm³/mol. The summed E-state index contributed by atoms with van der Waals surface area (Å²) in [7, 11) is 0. The molecule has 2 heterocycles. The Hall–Kier alpha value is -2.09. The summed E-state index contributed by atoms with van der Waals surface area (Å²) >= 11 is 0. The molecule has 0 saturated heterocycles. The van der Waals surface area contributed by atoms with Crippen LogP contribution in [0.25, 0.3) is 16.9 Å². The van der Waals surface area contributed by atoms with Crippen LogP contribution >= 0.6 is 0 Å². The zero-order valence-electron chi connectivity index (χ0n) is 10.9. The highest BCUT2D eigenvalue weighted by Crippen LogP contribution is 2.26. The molecule has 0 spiro atoms. The van der Waals surface area contributed by atoms with Crippen LogP contribution in [-0.2, 0) is 0 Å². The summed E-state index contributed by atoms with van der Waals surface area (Å²) < 4.78 is 2.14. The SMILES string of the molecule is Cc1cc(C)c(-c2ncc3ccccn23)cc1C. The van der Waals surface area contributed by atoms with Crippen molar-refractivity contribution in [2.24, 2.45) is 0 Å². The molecule has 0 bridgehead atoms. The molecular formula is C16H16N2. The zero-order chi connectivity index (χ0) is 12.7. The van der Waals surface area contributed by atoms with Crippen LogP contribution in [0.3, 0.4) is 0 Å². The van der Waals surface area contributed by atoms with Crippen molar-refractivity contribution < 1.29 is 0 Å². The third kappa shape index (κ3) is 1.61. The van der Waals surface area contributed by atoms with Crippen molar-refractivity contribution in [1.29, 1.82) is 0 Å². The molecule has 0 aliphatic carbocycles. The van der Waals surface area contributed by atoms with Gasteiger partial charge < -0.3 is 0 Å². The molecule has 0 amide bonds. The molecule has 0 saturated carbocycles. The molecule has 0 radical (unpaired) electrons. The molecule has 90 valence electrons. The molecule has 2 heteroatoms. The number of hydrogen-bond acceptors (Lipinski definition) is 1. The number of rotatable bonds is 1. The van der Waals surface area contributed by atoms with Gasteiger partial charge in [-0.3, -0.25) is 4.40 Å². The Bertz CT molecular complexity index is 723. The molecular weight excluding hydrogens is 220 g/mol. The van der Waals surface area contributed by atoms with E-state index < -0.39 is 0 Å². The molecule has 2 nitrogen and oxygen atoms in total. The Balaban J connectivity index is 2.29.